The zero-order chi connectivity index (χ0) is 20.6. The van der Waals surface area contributed by atoms with Crippen LogP contribution >= 0.6 is 0 Å². The molecule has 0 spiro atoms. The maximum atomic E-state index is 10.4. The van der Waals surface area contributed by atoms with Crippen LogP contribution in [0.5, 0.6) is 0 Å². The van der Waals surface area contributed by atoms with E-state index in [0.29, 0.717) is 0 Å². The zero-order valence-electron chi connectivity index (χ0n) is 14.7. The summed E-state index contributed by atoms with van der Waals surface area (Å²) in [6, 6.07) is 0. The Hall–Kier alpha value is -0.520. The monoisotopic (exact) mass is 414 g/mol. The lowest BCUT2D eigenvalue weighted by Crippen LogP contribution is -2.44. The Bertz CT molecular complexity index is 508. The van der Waals surface area contributed by atoms with Crippen LogP contribution in [0.2, 0.25) is 0 Å². The molecule has 0 aromatic carbocycles. The first-order valence-corrected chi connectivity index (χ1v) is 8.82. The molecule has 0 aliphatic carbocycles. The van der Waals surface area contributed by atoms with Crippen molar-refractivity contribution >= 4 is 0 Å². The van der Waals surface area contributed by atoms with E-state index in [-0.39, 0.29) is 6.61 Å². The molecular weight excluding hydrogens is 388 g/mol. The Balaban J connectivity index is 1.57. The lowest BCUT2D eigenvalue weighted by molar-refractivity contribution is -0.216. The van der Waals surface area contributed by atoms with E-state index in [9.17, 15) is 35.7 Å². The van der Waals surface area contributed by atoms with Gasteiger partial charge in [-0.1, -0.05) is 0 Å². The van der Waals surface area contributed by atoms with Gasteiger partial charge in [-0.15, -0.1) is 0 Å². The molecule has 3 heterocycles. The fourth-order valence-corrected chi connectivity index (χ4v) is 3.35. The molecule has 0 amide bonds. The predicted octanol–water partition coefficient (Wildman–Crippen LogP) is -5.66. The first-order chi connectivity index (χ1) is 13.3. The van der Waals surface area contributed by atoms with E-state index in [4.69, 9.17) is 28.8 Å². The molecule has 3 fully saturated rings. The maximum absolute atomic E-state index is 10.4. The van der Waals surface area contributed by atoms with E-state index in [2.05, 4.69) is 0 Å². The van der Waals surface area contributed by atoms with Crippen molar-refractivity contribution < 1.29 is 64.5 Å². The highest BCUT2D eigenvalue weighted by molar-refractivity contribution is 4.93. The molecule has 28 heavy (non-hydrogen) atoms. The summed E-state index contributed by atoms with van der Waals surface area (Å²) in [4.78, 5) is 0. The lowest BCUT2D eigenvalue weighted by atomic mass is 10.1. The standard InChI is InChI=1S/C15H26O13/c16-1-4-7(18)10(21)15(26-4)28-12-5(2-17)27-14(11(12)22)24-3-6-8(19)9(20)13(23)25-6/h4-23H,1-3H2/t4-,5-,6-,7-,8-,9+,10+,11+,12-,13-,14+,15-/m1/s1. The quantitative estimate of drug-likeness (QED) is 0.196. The molecule has 3 aliphatic heterocycles. The number of aliphatic hydroxyl groups is 8. The lowest BCUT2D eigenvalue weighted by Gasteiger charge is -2.25. The van der Waals surface area contributed by atoms with E-state index in [0.717, 1.165) is 0 Å². The van der Waals surface area contributed by atoms with E-state index in [1.165, 1.54) is 0 Å². The third kappa shape index (κ3) is 4.17. The molecule has 0 radical (unpaired) electrons. The summed E-state index contributed by atoms with van der Waals surface area (Å²) in [7, 11) is 0. The van der Waals surface area contributed by atoms with Gasteiger partial charge >= 0.3 is 0 Å². The topological polar surface area (TPSA) is 208 Å². The van der Waals surface area contributed by atoms with Gasteiger partial charge in [0, 0.05) is 0 Å². The van der Waals surface area contributed by atoms with E-state index >= 15 is 0 Å². The van der Waals surface area contributed by atoms with Crippen LogP contribution in [0.1, 0.15) is 0 Å². The number of rotatable bonds is 7. The van der Waals surface area contributed by atoms with Crippen LogP contribution in [-0.4, -0.2) is 134 Å². The normalized spacial score (nSPS) is 51.9. The summed E-state index contributed by atoms with van der Waals surface area (Å²) in [6.07, 6.45) is -15.9. The summed E-state index contributed by atoms with van der Waals surface area (Å²) in [6.45, 7) is -1.48. The number of aliphatic hydroxyl groups excluding tert-OH is 8. The minimum Gasteiger partial charge on any atom is -0.394 e. The highest BCUT2D eigenvalue weighted by Gasteiger charge is 2.51. The smallest absolute Gasteiger partial charge is 0.187 e. The van der Waals surface area contributed by atoms with Gasteiger partial charge in [-0.2, -0.15) is 0 Å². The zero-order valence-corrected chi connectivity index (χ0v) is 14.7. The van der Waals surface area contributed by atoms with Crippen LogP contribution in [0.15, 0.2) is 0 Å². The largest absolute Gasteiger partial charge is 0.394 e. The van der Waals surface area contributed by atoms with Gasteiger partial charge in [0.05, 0.1) is 19.8 Å². The van der Waals surface area contributed by atoms with Crippen molar-refractivity contribution in [3.8, 4) is 0 Å². The number of hydrogen-bond acceptors (Lipinski definition) is 13. The Morgan fingerprint density at radius 1 is 0.607 bits per heavy atom. The first kappa shape index (κ1) is 22.2. The van der Waals surface area contributed by atoms with Gasteiger partial charge < -0.3 is 64.5 Å². The fraction of sp³-hybridized carbons (Fsp3) is 1.00. The van der Waals surface area contributed by atoms with Gasteiger partial charge in [-0.05, 0) is 0 Å². The Morgan fingerprint density at radius 3 is 1.75 bits per heavy atom. The highest BCUT2D eigenvalue weighted by Crippen LogP contribution is 2.31. The molecule has 12 atom stereocenters. The summed E-state index contributed by atoms with van der Waals surface area (Å²) in [5, 5.41) is 77.2. The van der Waals surface area contributed by atoms with Gasteiger partial charge in [-0.25, -0.2) is 0 Å². The van der Waals surface area contributed by atoms with Crippen LogP contribution in [0.4, 0.5) is 0 Å². The van der Waals surface area contributed by atoms with E-state index < -0.39 is 87.0 Å². The van der Waals surface area contributed by atoms with Gasteiger partial charge in [0.1, 0.15) is 54.9 Å². The SMILES string of the molecule is OC[C@H]1O[C@H](O[C@H]2[C@H](O)[C@@H](OC[C@H]3O[C@@H](O)[C@@H](O)[C@@H]3O)O[C@@H]2CO)[C@@H](O)[C@@H]1O. The van der Waals surface area contributed by atoms with Gasteiger partial charge in [-0.3, -0.25) is 0 Å². The molecule has 3 rings (SSSR count). The van der Waals surface area contributed by atoms with E-state index in [1.54, 1.807) is 0 Å². The van der Waals surface area contributed by atoms with Crippen molar-refractivity contribution in [2.24, 2.45) is 0 Å². The Kier molecular flexibility index (Phi) is 7.20. The second kappa shape index (κ2) is 9.09. The molecule has 3 aliphatic rings. The summed E-state index contributed by atoms with van der Waals surface area (Å²) in [5.41, 5.74) is 0. The summed E-state index contributed by atoms with van der Waals surface area (Å²) >= 11 is 0. The average Bonchev–Trinajstić information content (AvgIpc) is 3.23. The second-order valence-electron chi connectivity index (χ2n) is 6.90. The number of hydrogen-bond donors (Lipinski definition) is 8. The molecule has 0 aromatic rings. The second-order valence-corrected chi connectivity index (χ2v) is 6.90. The van der Waals surface area contributed by atoms with Crippen molar-refractivity contribution in [1.29, 1.82) is 0 Å². The summed E-state index contributed by atoms with van der Waals surface area (Å²) in [5.74, 6) is 0. The molecule has 164 valence electrons. The third-order valence-electron chi connectivity index (χ3n) is 5.02. The van der Waals surface area contributed by atoms with Gasteiger partial charge in [0.2, 0.25) is 0 Å². The van der Waals surface area contributed by atoms with Crippen LogP contribution in [0.25, 0.3) is 0 Å². The maximum Gasteiger partial charge on any atom is 0.187 e. The molecule has 0 unspecified atom stereocenters. The Labute approximate surface area is 159 Å². The first-order valence-electron chi connectivity index (χ1n) is 8.82. The van der Waals surface area contributed by atoms with Crippen molar-refractivity contribution in [3.63, 3.8) is 0 Å². The van der Waals surface area contributed by atoms with Crippen molar-refractivity contribution in [3.05, 3.63) is 0 Å². The molecular formula is C15H26O13. The fourth-order valence-electron chi connectivity index (χ4n) is 3.35. The minimum atomic E-state index is -1.58. The molecule has 13 heteroatoms. The van der Waals surface area contributed by atoms with Crippen LogP contribution < -0.4 is 0 Å². The van der Waals surface area contributed by atoms with Crippen molar-refractivity contribution in [2.75, 3.05) is 19.8 Å². The molecule has 13 nitrogen and oxygen atoms in total. The average molecular weight is 414 g/mol. The molecule has 0 saturated carbocycles. The van der Waals surface area contributed by atoms with Crippen LogP contribution in [-0.2, 0) is 23.7 Å². The van der Waals surface area contributed by atoms with Crippen LogP contribution in [0.3, 0.4) is 0 Å². The summed E-state index contributed by atoms with van der Waals surface area (Å²) < 4.78 is 26.2. The number of ether oxygens (including phenoxy) is 5. The molecule has 3 saturated heterocycles. The molecule has 0 bridgehead atoms. The third-order valence-corrected chi connectivity index (χ3v) is 5.02. The predicted molar refractivity (Wildman–Crippen MR) is 83.2 cm³/mol. The Morgan fingerprint density at radius 2 is 1.21 bits per heavy atom. The highest BCUT2D eigenvalue weighted by atomic mass is 16.8. The minimum absolute atomic E-state index is 0.351. The van der Waals surface area contributed by atoms with Crippen molar-refractivity contribution in [1.82, 2.24) is 0 Å². The van der Waals surface area contributed by atoms with Crippen molar-refractivity contribution in [2.45, 2.75) is 73.8 Å². The molecule has 8 N–H and O–H groups in total. The van der Waals surface area contributed by atoms with Gasteiger partial charge in [0.25, 0.3) is 0 Å². The van der Waals surface area contributed by atoms with E-state index in [1.807, 2.05) is 0 Å². The molecule has 0 aromatic heterocycles. The van der Waals surface area contributed by atoms with Gasteiger partial charge in [0.15, 0.2) is 18.9 Å². The van der Waals surface area contributed by atoms with Crippen LogP contribution in [0, 0.1) is 0 Å².